The molecule has 6 nitrogen and oxygen atoms in total. The van der Waals surface area contributed by atoms with Gasteiger partial charge in [0, 0.05) is 23.5 Å². The number of carbonyl (C=O) groups is 2. The number of benzene rings is 1. The van der Waals surface area contributed by atoms with Crippen molar-refractivity contribution in [1.82, 2.24) is 9.47 Å². The van der Waals surface area contributed by atoms with Crippen molar-refractivity contribution in [3.8, 4) is 0 Å². The number of likely N-dealkylation sites (tertiary alicyclic amines) is 1. The highest BCUT2D eigenvalue weighted by Gasteiger charge is 2.36. The number of rotatable bonds is 4. The summed E-state index contributed by atoms with van der Waals surface area (Å²) in [7, 11) is 1.66. The molecule has 1 aromatic carbocycles. The van der Waals surface area contributed by atoms with Gasteiger partial charge in [-0.3, -0.25) is 9.69 Å². The van der Waals surface area contributed by atoms with Gasteiger partial charge in [0.1, 0.15) is 11.7 Å². The molecule has 0 unspecified atom stereocenters. The maximum atomic E-state index is 11.9. The number of fused-ring (bicyclic) bond motifs is 1. The first kappa shape index (κ1) is 14.6. The molecule has 2 aromatic rings. The Labute approximate surface area is 127 Å². The van der Waals surface area contributed by atoms with Gasteiger partial charge in [-0.15, -0.1) is 0 Å². The summed E-state index contributed by atoms with van der Waals surface area (Å²) in [5.74, 6) is -2.10. The zero-order chi connectivity index (χ0) is 15.9. The van der Waals surface area contributed by atoms with Gasteiger partial charge < -0.3 is 14.8 Å². The summed E-state index contributed by atoms with van der Waals surface area (Å²) in [6.07, 6.45) is 1.88. The van der Waals surface area contributed by atoms with Gasteiger partial charge >= 0.3 is 11.9 Å². The van der Waals surface area contributed by atoms with E-state index in [4.69, 9.17) is 0 Å². The third-order valence-corrected chi connectivity index (χ3v) is 4.36. The van der Waals surface area contributed by atoms with Crippen molar-refractivity contribution in [2.75, 3.05) is 13.1 Å². The SMILES string of the molecule is Cn1c(C(=O)O)c([C@H](C(=O)O)N2CCCC2)c2ccccc21. The van der Waals surface area contributed by atoms with Gasteiger partial charge in [-0.1, -0.05) is 18.2 Å². The molecule has 0 saturated carbocycles. The average molecular weight is 302 g/mol. The number of hydrogen-bond donors (Lipinski definition) is 2. The number of aryl methyl sites for hydroxylation is 1. The molecule has 0 amide bonds. The fourth-order valence-corrected chi connectivity index (χ4v) is 3.42. The Hall–Kier alpha value is -2.34. The van der Waals surface area contributed by atoms with Crippen LogP contribution in [0.4, 0.5) is 0 Å². The van der Waals surface area contributed by atoms with Crippen molar-refractivity contribution in [2.45, 2.75) is 18.9 Å². The fourth-order valence-electron chi connectivity index (χ4n) is 3.42. The van der Waals surface area contributed by atoms with E-state index < -0.39 is 18.0 Å². The lowest BCUT2D eigenvalue weighted by atomic mass is 10.0. The molecular weight excluding hydrogens is 284 g/mol. The van der Waals surface area contributed by atoms with Gasteiger partial charge in [0.05, 0.1) is 0 Å². The minimum Gasteiger partial charge on any atom is -0.480 e. The fraction of sp³-hybridized carbons (Fsp3) is 0.375. The molecule has 0 bridgehead atoms. The summed E-state index contributed by atoms with van der Waals surface area (Å²) in [6.45, 7) is 1.36. The molecule has 0 aliphatic carbocycles. The second-order valence-electron chi connectivity index (χ2n) is 5.63. The van der Waals surface area contributed by atoms with Crippen LogP contribution < -0.4 is 0 Å². The van der Waals surface area contributed by atoms with Gasteiger partial charge in [-0.25, -0.2) is 4.79 Å². The maximum Gasteiger partial charge on any atom is 0.352 e. The van der Waals surface area contributed by atoms with E-state index in [-0.39, 0.29) is 5.69 Å². The van der Waals surface area contributed by atoms with Gasteiger partial charge in [-0.2, -0.15) is 0 Å². The molecule has 1 fully saturated rings. The van der Waals surface area contributed by atoms with Crippen molar-refractivity contribution in [1.29, 1.82) is 0 Å². The van der Waals surface area contributed by atoms with Crippen molar-refractivity contribution >= 4 is 22.8 Å². The molecule has 3 rings (SSSR count). The molecule has 1 aliphatic rings. The van der Waals surface area contributed by atoms with Crippen LogP contribution in [0.5, 0.6) is 0 Å². The topological polar surface area (TPSA) is 82.8 Å². The van der Waals surface area contributed by atoms with Crippen LogP contribution in [0.15, 0.2) is 24.3 Å². The lowest BCUT2D eigenvalue weighted by molar-refractivity contribution is -0.143. The van der Waals surface area contributed by atoms with Crippen LogP contribution in [0.3, 0.4) is 0 Å². The predicted octanol–water partition coefficient (Wildman–Crippen LogP) is 2.10. The highest BCUT2D eigenvalue weighted by atomic mass is 16.4. The van der Waals surface area contributed by atoms with Crippen LogP contribution >= 0.6 is 0 Å². The minimum atomic E-state index is -1.10. The third-order valence-electron chi connectivity index (χ3n) is 4.36. The second kappa shape index (κ2) is 5.46. The smallest absolute Gasteiger partial charge is 0.352 e. The number of aliphatic carboxylic acids is 1. The lowest BCUT2D eigenvalue weighted by Crippen LogP contribution is -2.33. The molecule has 2 heterocycles. The molecule has 1 atom stereocenters. The summed E-state index contributed by atoms with van der Waals surface area (Å²) in [5, 5.41) is 20.0. The first-order valence-corrected chi connectivity index (χ1v) is 7.30. The lowest BCUT2D eigenvalue weighted by Gasteiger charge is -2.24. The molecule has 1 aliphatic heterocycles. The largest absolute Gasteiger partial charge is 0.480 e. The number of para-hydroxylation sites is 1. The quantitative estimate of drug-likeness (QED) is 0.903. The van der Waals surface area contributed by atoms with E-state index in [0.717, 1.165) is 18.4 Å². The summed E-state index contributed by atoms with van der Waals surface area (Å²) in [4.78, 5) is 25.5. The Morgan fingerprint density at radius 2 is 1.77 bits per heavy atom. The average Bonchev–Trinajstić information content (AvgIpc) is 3.08. The van der Waals surface area contributed by atoms with Crippen LogP contribution in [-0.4, -0.2) is 44.7 Å². The molecular formula is C16H18N2O4. The van der Waals surface area contributed by atoms with Crippen LogP contribution in [-0.2, 0) is 11.8 Å². The van der Waals surface area contributed by atoms with E-state index in [1.807, 2.05) is 17.0 Å². The Morgan fingerprint density at radius 3 is 2.36 bits per heavy atom. The van der Waals surface area contributed by atoms with Crippen LogP contribution in [0.25, 0.3) is 10.9 Å². The molecule has 0 spiro atoms. The number of aromatic nitrogens is 1. The molecule has 116 valence electrons. The summed E-state index contributed by atoms with van der Waals surface area (Å²) >= 11 is 0. The summed E-state index contributed by atoms with van der Waals surface area (Å²) in [6, 6.07) is 6.32. The zero-order valence-electron chi connectivity index (χ0n) is 12.3. The van der Waals surface area contributed by atoms with Crippen LogP contribution in [0, 0.1) is 0 Å². The first-order chi connectivity index (χ1) is 10.5. The van der Waals surface area contributed by atoms with E-state index in [1.54, 1.807) is 23.7 Å². The first-order valence-electron chi connectivity index (χ1n) is 7.30. The second-order valence-corrected chi connectivity index (χ2v) is 5.63. The van der Waals surface area contributed by atoms with E-state index in [1.165, 1.54) is 0 Å². The van der Waals surface area contributed by atoms with Gasteiger partial charge in [0.2, 0.25) is 0 Å². The Balaban J connectivity index is 2.29. The van der Waals surface area contributed by atoms with Gasteiger partial charge in [0.15, 0.2) is 0 Å². The Bertz CT molecular complexity index is 744. The normalized spacial score (nSPS) is 17.0. The molecule has 1 aromatic heterocycles. The van der Waals surface area contributed by atoms with Crippen molar-refractivity contribution in [3.63, 3.8) is 0 Å². The van der Waals surface area contributed by atoms with Crippen molar-refractivity contribution in [2.24, 2.45) is 7.05 Å². The highest BCUT2D eigenvalue weighted by molar-refractivity contribution is 6.01. The highest BCUT2D eigenvalue weighted by Crippen LogP contribution is 2.35. The predicted molar refractivity (Wildman–Crippen MR) is 81.1 cm³/mol. The zero-order valence-corrected chi connectivity index (χ0v) is 12.3. The molecule has 6 heteroatoms. The minimum absolute atomic E-state index is 0.0560. The van der Waals surface area contributed by atoms with E-state index in [0.29, 0.717) is 24.0 Å². The summed E-state index contributed by atoms with van der Waals surface area (Å²) in [5.41, 5.74) is 1.18. The number of carboxylic acid groups (broad SMARTS) is 2. The van der Waals surface area contributed by atoms with Crippen LogP contribution in [0.1, 0.15) is 34.9 Å². The molecule has 2 N–H and O–H groups in total. The number of aromatic carboxylic acids is 1. The van der Waals surface area contributed by atoms with E-state index >= 15 is 0 Å². The molecule has 1 saturated heterocycles. The number of nitrogens with zero attached hydrogens (tertiary/aromatic N) is 2. The van der Waals surface area contributed by atoms with E-state index in [2.05, 4.69) is 0 Å². The van der Waals surface area contributed by atoms with Crippen LogP contribution in [0.2, 0.25) is 0 Å². The summed E-state index contributed by atoms with van der Waals surface area (Å²) < 4.78 is 1.57. The monoisotopic (exact) mass is 302 g/mol. The molecule has 22 heavy (non-hydrogen) atoms. The van der Waals surface area contributed by atoms with Gasteiger partial charge in [0.25, 0.3) is 0 Å². The maximum absolute atomic E-state index is 11.9. The third kappa shape index (κ3) is 2.16. The van der Waals surface area contributed by atoms with Crippen molar-refractivity contribution < 1.29 is 19.8 Å². The number of carboxylic acids is 2. The van der Waals surface area contributed by atoms with E-state index in [9.17, 15) is 19.8 Å². The standard InChI is InChI=1S/C16H18N2O4/c1-17-11-7-3-2-6-10(11)12(13(17)15(19)20)14(16(21)22)18-8-4-5-9-18/h2-3,6-7,14H,4-5,8-9H2,1H3,(H,19,20)(H,21,22)/t14-/m1/s1. The van der Waals surface area contributed by atoms with Crippen molar-refractivity contribution in [3.05, 3.63) is 35.5 Å². The molecule has 0 radical (unpaired) electrons. The van der Waals surface area contributed by atoms with Gasteiger partial charge in [-0.05, 0) is 32.0 Å². The Kier molecular flexibility index (Phi) is 3.62. The Morgan fingerprint density at radius 1 is 1.14 bits per heavy atom. The number of hydrogen-bond acceptors (Lipinski definition) is 3.